The predicted octanol–water partition coefficient (Wildman–Crippen LogP) is 3.19. The van der Waals surface area contributed by atoms with Gasteiger partial charge in [-0.15, -0.1) is 12.4 Å². The second-order valence-corrected chi connectivity index (χ2v) is 6.90. The number of rotatable bonds is 4. The maximum Gasteiger partial charge on any atom is 0.435 e. The topological polar surface area (TPSA) is 50.9 Å². The highest BCUT2D eigenvalue weighted by Gasteiger charge is 2.33. The standard InChI is InChI=1S/C19H21F3N6.ClH/c1-26-10-8-24-18(26)16-12-23-7-11-27(16)13-14-2-4-15(5-3-14)28-9-6-17(25-28)19(20,21)22;/h2-6,8-10,16,23H,7,11-13H2,1H3;1H. The third-order valence-electron chi connectivity index (χ3n) is 4.98. The molecular weight excluding hydrogens is 405 g/mol. The van der Waals surface area contributed by atoms with E-state index in [4.69, 9.17) is 0 Å². The van der Waals surface area contributed by atoms with Crippen LogP contribution in [0, 0.1) is 0 Å². The van der Waals surface area contributed by atoms with Crippen molar-refractivity contribution in [3.05, 3.63) is 66.0 Å². The quantitative estimate of drug-likeness (QED) is 0.696. The van der Waals surface area contributed by atoms with Gasteiger partial charge in [-0.05, 0) is 23.8 Å². The van der Waals surface area contributed by atoms with Crippen LogP contribution in [0.5, 0.6) is 0 Å². The molecule has 0 aliphatic carbocycles. The summed E-state index contributed by atoms with van der Waals surface area (Å²) in [7, 11) is 1.99. The Kier molecular flexibility index (Phi) is 6.30. The van der Waals surface area contributed by atoms with Crippen LogP contribution in [0.2, 0.25) is 0 Å². The van der Waals surface area contributed by atoms with Crippen molar-refractivity contribution in [1.82, 2.24) is 29.5 Å². The molecule has 3 aromatic rings. The first kappa shape index (κ1) is 21.4. The van der Waals surface area contributed by atoms with Crippen LogP contribution >= 0.6 is 12.4 Å². The molecule has 0 bridgehead atoms. The molecule has 6 nitrogen and oxygen atoms in total. The molecule has 156 valence electrons. The number of hydrogen-bond acceptors (Lipinski definition) is 4. The molecule has 0 radical (unpaired) electrons. The molecule has 1 saturated heterocycles. The monoisotopic (exact) mass is 426 g/mol. The largest absolute Gasteiger partial charge is 0.435 e. The third-order valence-corrected chi connectivity index (χ3v) is 4.98. The first-order chi connectivity index (χ1) is 13.4. The minimum atomic E-state index is -4.44. The zero-order chi connectivity index (χ0) is 19.7. The van der Waals surface area contributed by atoms with Gasteiger partial charge in [0.25, 0.3) is 0 Å². The summed E-state index contributed by atoms with van der Waals surface area (Å²) in [6.45, 7) is 3.38. The van der Waals surface area contributed by atoms with Crippen LogP contribution in [0.1, 0.15) is 23.1 Å². The molecule has 0 spiro atoms. The van der Waals surface area contributed by atoms with E-state index in [1.54, 1.807) is 18.3 Å². The Morgan fingerprint density at radius 3 is 2.52 bits per heavy atom. The Balaban J connectivity index is 0.00000240. The number of aromatic nitrogens is 4. The number of halogens is 4. The Hall–Kier alpha value is -2.36. The van der Waals surface area contributed by atoms with Gasteiger partial charge in [-0.25, -0.2) is 9.67 Å². The van der Waals surface area contributed by atoms with Gasteiger partial charge < -0.3 is 9.88 Å². The van der Waals surface area contributed by atoms with E-state index in [9.17, 15) is 13.2 Å². The first-order valence-electron chi connectivity index (χ1n) is 9.06. The van der Waals surface area contributed by atoms with Gasteiger partial charge >= 0.3 is 6.18 Å². The van der Waals surface area contributed by atoms with Gasteiger partial charge in [0.2, 0.25) is 0 Å². The summed E-state index contributed by atoms with van der Waals surface area (Å²) >= 11 is 0. The number of aryl methyl sites for hydroxylation is 1. The fourth-order valence-corrected chi connectivity index (χ4v) is 3.50. The Labute approximate surface area is 172 Å². The summed E-state index contributed by atoms with van der Waals surface area (Å²) < 4.78 is 41.5. The number of imidazole rings is 1. The van der Waals surface area contributed by atoms with E-state index in [0.717, 1.165) is 43.6 Å². The van der Waals surface area contributed by atoms with Crippen LogP contribution in [0.3, 0.4) is 0 Å². The normalized spacial score (nSPS) is 17.9. The van der Waals surface area contributed by atoms with Crippen molar-refractivity contribution in [1.29, 1.82) is 0 Å². The highest BCUT2D eigenvalue weighted by molar-refractivity contribution is 5.85. The van der Waals surface area contributed by atoms with E-state index in [1.165, 1.54) is 10.9 Å². The van der Waals surface area contributed by atoms with Gasteiger partial charge in [0, 0.05) is 51.8 Å². The number of alkyl halides is 3. The highest BCUT2D eigenvalue weighted by atomic mass is 35.5. The van der Waals surface area contributed by atoms with Crippen molar-refractivity contribution in [3.63, 3.8) is 0 Å². The van der Waals surface area contributed by atoms with Crippen molar-refractivity contribution in [2.75, 3.05) is 19.6 Å². The zero-order valence-electron chi connectivity index (χ0n) is 15.8. The van der Waals surface area contributed by atoms with Gasteiger partial charge in [-0.1, -0.05) is 12.1 Å². The number of nitrogens with one attached hydrogen (secondary N) is 1. The Morgan fingerprint density at radius 2 is 1.90 bits per heavy atom. The molecule has 29 heavy (non-hydrogen) atoms. The van der Waals surface area contributed by atoms with Gasteiger partial charge in [-0.2, -0.15) is 18.3 Å². The molecule has 1 unspecified atom stereocenters. The van der Waals surface area contributed by atoms with E-state index in [1.807, 2.05) is 29.9 Å². The minimum absolute atomic E-state index is 0. The van der Waals surface area contributed by atoms with E-state index in [-0.39, 0.29) is 18.4 Å². The van der Waals surface area contributed by atoms with Crippen LogP contribution in [0.25, 0.3) is 5.69 Å². The van der Waals surface area contributed by atoms with E-state index < -0.39 is 11.9 Å². The van der Waals surface area contributed by atoms with Gasteiger partial charge in [0.1, 0.15) is 5.82 Å². The fourth-order valence-electron chi connectivity index (χ4n) is 3.50. The predicted molar refractivity (Wildman–Crippen MR) is 105 cm³/mol. The summed E-state index contributed by atoms with van der Waals surface area (Å²) in [5, 5.41) is 7.03. The van der Waals surface area contributed by atoms with Crippen molar-refractivity contribution in [2.45, 2.75) is 18.8 Å². The molecule has 1 N–H and O–H groups in total. The van der Waals surface area contributed by atoms with Crippen molar-refractivity contribution >= 4 is 12.4 Å². The lowest BCUT2D eigenvalue weighted by Crippen LogP contribution is -2.46. The van der Waals surface area contributed by atoms with Crippen molar-refractivity contribution in [2.24, 2.45) is 7.05 Å². The Morgan fingerprint density at radius 1 is 1.14 bits per heavy atom. The molecule has 1 aliphatic heterocycles. The number of benzene rings is 1. The molecule has 3 heterocycles. The average molecular weight is 427 g/mol. The van der Waals surface area contributed by atoms with Crippen molar-refractivity contribution < 1.29 is 13.2 Å². The smallest absolute Gasteiger partial charge is 0.337 e. The summed E-state index contributed by atoms with van der Waals surface area (Å²) in [5.74, 6) is 1.01. The summed E-state index contributed by atoms with van der Waals surface area (Å²) in [6, 6.07) is 8.60. The molecule has 1 fully saturated rings. The van der Waals surface area contributed by atoms with Gasteiger partial charge in [0.15, 0.2) is 5.69 Å². The van der Waals surface area contributed by atoms with Gasteiger partial charge in [-0.3, -0.25) is 4.90 Å². The molecule has 0 amide bonds. The number of hydrogen-bond donors (Lipinski definition) is 1. The van der Waals surface area contributed by atoms with E-state index in [2.05, 4.69) is 20.3 Å². The van der Waals surface area contributed by atoms with Crippen LogP contribution in [0.15, 0.2) is 48.9 Å². The van der Waals surface area contributed by atoms with Crippen LogP contribution < -0.4 is 5.32 Å². The molecule has 0 saturated carbocycles. The molecule has 10 heteroatoms. The second-order valence-electron chi connectivity index (χ2n) is 6.90. The summed E-state index contributed by atoms with van der Waals surface area (Å²) in [4.78, 5) is 6.85. The maximum atomic E-state index is 12.7. The van der Waals surface area contributed by atoms with Crippen LogP contribution in [-0.4, -0.2) is 43.9 Å². The average Bonchev–Trinajstić information content (AvgIpc) is 3.32. The first-order valence-corrected chi connectivity index (χ1v) is 9.06. The Bertz CT molecular complexity index is 934. The number of nitrogens with zero attached hydrogens (tertiary/aromatic N) is 5. The highest BCUT2D eigenvalue weighted by Crippen LogP contribution is 2.28. The summed E-state index contributed by atoms with van der Waals surface area (Å²) in [6.07, 6.45) is 0.630. The molecule has 4 rings (SSSR count). The zero-order valence-corrected chi connectivity index (χ0v) is 16.6. The second kappa shape index (κ2) is 8.56. The lowest BCUT2D eigenvalue weighted by Gasteiger charge is -2.35. The van der Waals surface area contributed by atoms with Crippen LogP contribution in [0.4, 0.5) is 13.2 Å². The maximum absolute atomic E-state index is 12.7. The molecular formula is C19H22ClF3N6. The van der Waals surface area contributed by atoms with E-state index >= 15 is 0 Å². The lowest BCUT2D eigenvalue weighted by molar-refractivity contribution is -0.141. The number of piperazine rings is 1. The van der Waals surface area contributed by atoms with Gasteiger partial charge in [0.05, 0.1) is 11.7 Å². The fraction of sp³-hybridized carbons (Fsp3) is 0.368. The van der Waals surface area contributed by atoms with Crippen molar-refractivity contribution in [3.8, 4) is 5.69 Å². The summed E-state index contributed by atoms with van der Waals surface area (Å²) in [5.41, 5.74) is 0.795. The van der Waals surface area contributed by atoms with E-state index in [0.29, 0.717) is 5.69 Å². The minimum Gasteiger partial charge on any atom is -0.337 e. The SMILES string of the molecule is Cl.Cn1ccnc1C1CNCCN1Cc1ccc(-n2ccc(C(F)(F)F)n2)cc1. The lowest BCUT2D eigenvalue weighted by atomic mass is 10.1. The molecule has 1 aliphatic rings. The molecule has 1 atom stereocenters. The van der Waals surface area contributed by atoms with Crippen LogP contribution in [-0.2, 0) is 19.8 Å². The third kappa shape index (κ3) is 4.63. The molecule has 1 aromatic carbocycles. The molecule has 2 aromatic heterocycles.